The number of hydrogen-bond donors (Lipinski definition) is 1. The van der Waals surface area contributed by atoms with Gasteiger partial charge in [0.2, 0.25) is 0 Å². The van der Waals surface area contributed by atoms with Crippen molar-refractivity contribution in [2.45, 2.75) is 40.3 Å². The molecule has 0 aliphatic rings. The van der Waals surface area contributed by atoms with Crippen LogP contribution in [0, 0.1) is 6.92 Å². The Morgan fingerprint density at radius 2 is 2.05 bits per heavy atom. The zero-order valence-electron chi connectivity index (χ0n) is 12.4. The van der Waals surface area contributed by atoms with E-state index < -0.39 is 0 Å². The molecule has 4 heteroatoms. The molecule has 0 fully saturated rings. The molecule has 1 heterocycles. The van der Waals surface area contributed by atoms with E-state index in [1.165, 1.54) is 16.7 Å². The van der Waals surface area contributed by atoms with Crippen molar-refractivity contribution in [2.24, 2.45) is 0 Å². The lowest BCUT2D eigenvalue weighted by Gasteiger charge is -2.10. The van der Waals surface area contributed by atoms with Crippen molar-refractivity contribution in [1.82, 2.24) is 15.1 Å². The van der Waals surface area contributed by atoms with Crippen LogP contribution in [0.2, 0.25) is 5.02 Å². The highest BCUT2D eigenvalue weighted by atomic mass is 35.5. The number of halogens is 1. The molecule has 2 aromatic rings. The first kappa shape index (κ1) is 15.1. The number of hydrogen-bond acceptors (Lipinski definition) is 2. The van der Waals surface area contributed by atoms with Crippen molar-refractivity contribution in [3.8, 4) is 11.1 Å². The van der Waals surface area contributed by atoms with Gasteiger partial charge in [-0.2, -0.15) is 5.10 Å². The third kappa shape index (κ3) is 3.41. The van der Waals surface area contributed by atoms with Crippen molar-refractivity contribution in [1.29, 1.82) is 0 Å². The summed E-state index contributed by atoms with van der Waals surface area (Å²) in [5.74, 6) is 0. The van der Waals surface area contributed by atoms with E-state index in [0.29, 0.717) is 0 Å². The maximum Gasteiger partial charge on any atom is 0.0672 e. The topological polar surface area (TPSA) is 29.9 Å². The molecular weight excluding hydrogens is 270 g/mol. The Morgan fingerprint density at radius 3 is 2.70 bits per heavy atom. The van der Waals surface area contributed by atoms with Gasteiger partial charge in [-0.1, -0.05) is 24.6 Å². The Bertz CT molecular complexity index is 575. The van der Waals surface area contributed by atoms with Gasteiger partial charge >= 0.3 is 0 Å². The largest absolute Gasteiger partial charge is 0.313 e. The average Bonchev–Trinajstić information content (AvgIpc) is 2.81. The lowest BCUT2D eigenvalue weighted by molar-refractivity contribution is 0.653. The van der Waals surface area contributed by atoms with E-state index >= 15 is 0 Å². The second-order valence-corrected chi connectivity index (χ2v) is 5.40. The van der Waals surface area contributed by atoms with Crippen LogP contribution in [0.5, 0.6) is 0 Å². The molecule has 0 amide bonds. The standard InChI is InChI=1S/C16H22ClN3/c1-4-8-18-10-13-9-14(17)6-7-15(13)16-11-20(5-2)19-12(16)3/h6-7,9,11,18H,4-5,8,10H2,1-3H3. The van der Waals surface area contributed by atoms with Crippen LogP contribution in [0.3, 0.4) is 0 Å². The fraction of sp³-hybridized carbons (Fsp3) is 0.438. The zero-order valence-corrected chi connectivity index (χ0v) is 13.2. The Hall–Kier alpha value is -1.32. The summed E-state index contributed by atoms with van der Waals surface area (Å²) < 4.78 is 1.97. The van der Waals surface area contributed by atoms with Gasteiger partial charge in [-0.3, -0.25) is 4.68 Å². The Morgan fingerprint density at radius 1 is 1.25 bits per heavy atom. The van der Waals surface area contributed by atoms with Gasteiger partial charge < -0.3 is 5.32 Å². The van der Waals surface area contributed by atoms with E-state index in [9.17, 15) is 0 Å². The Kier molecular flexibility index (Phi) is 5.21. The number of nitrogens with one attached hydrogen (secondary N) is 1. The van der Waals surface area contributed by atoms with Crippen molar-refractivity contribution in [3.63, 3.8) is 0 Å². The van der Waals surface area contributed by atoms with E-state index in [0.717, 1.165) is 36.8 Å². The second kappa shape index (κ2) is 6.91. The minimum absolute atomic E-state index is 0.780. The highest BCUT2D eigenvalue weighted by Gasteiger charge is 2.11. The number of rotatable bonds is 6. The van der Waals surface area contributed by atoms with Crippen molar-refractivity contribution >= 4 is 11.6 Å². The first-order valence-corrected chi connectivity index (χ1v) is 7.57. The molecule has 1 N–H and O–H groups in total. The van der Waals surface area contributed by atoms with Crippen LogP contribution >= 0.6 is 11.6 Å². The van der Waals surface area contributed by atoms with E-state index in [2.05, 4.69) is 43.4 Å². The van der Waals surface area contributed by atoms with Crippen LogP contribution < -0.4 is 5.32 Å². The average molecular weight is 292 g/mol. The molecule has 20 heavy (non-hydrogen) atoms. The Balaban J connectivity index is 2.36. The molecule has 108 valence electrons. The van der Waals surface area contributed by atoms with Gasteiger partial charge in [0.05, 0.1) is 5.69 Å². The van der Waals surface area contributed by atoms with E-state index in [4.69, 9.17) is 11.6 Å². The summed E-state index contributed by atoms with van der Waals surface area (Å²) in [6.07, 6.45) is 3.24. The maximum atomic E-state index is 6.14. The molecule has 3 nitrogen and oxygen atoms in total. The minimum atomic E-state index is 0.780. The number of benzene rings is 1. The smallest absolute Gasteiger partial charge is 0.0672 e. The van der Waals surface area contributed by atoms with E-state index in [1.807, 2.05) is 16.8 Å². The third-order valence-corrected chi connectivity index (χ3v) is 3.61. The summed E-state index contributed by atoms with van der Waals surface area (Å²) in [7, 11) is 0. The van der Waals surface area contributed by atoms with Crippen LogP contribution in [-0.2, 0) is 13.1 Å². The maximum absolute atomic E-state index is 6.14. The molecule has 0 aliphatic carbocycles. The highest BCUT2D eigenvalue weighted by molar-refractivity contribution is 6.30. The Labute approximate surface area is 126 Å². The van der Waals surface area contributed by atoms with Gasteiger partial charge in [0.1, 0.15) is 0 Å². The molecule has 1 aromatic heterocycles. The monoisotopic (exact) mass is 291 g/mol. The van der Waals surface area contributed by atoms with Crippen LogP contribution in [-0.4, -0.2) is 16.3 Å². The summed E-state index contributed by atoms with van der Waals surface area (Å²) >= 11 is 6.14. The lowest BCUT2D eigenvalue weighted by Crippen LogP contribution is -2.14. The van der Waals surface area contributed by atoms with Crippen LogP contribution in [0.4, 0.5) is 0 Å². The van der Waals surface area contributed by atoms with Gasteiger partial charge in [-0.15, -0.1) is 0 Å². The zero-order chi connectivity index (χ0) is 14.5. The second-order valence-electron chi connectivity index (χ2n) is 4.96. The normalized spacial score (nSPS) is 11.0. The predicted molar refractivity (Wildman–Crippen MR) is 85.1 cm³/mol. The summed E-state index contributed by atoms with van der Waals surface area (Å²) in [6.45, 7) is 9.06. The fourth-order valence-electron chi connectivity index (χ4n) is 2.32. The first-order chi connectivity index (χ1) is 9.65. The molecule has 0 bridgehead atoms. The van der Waals surface area contributed by atoms with Crippen molar-refractivity contribution in [2.75, 3.05) is 6.54 Å². The summed E-state index contributed by atoms with van der Waals surface area (Å²) in [6, 6.07) is 6.08. The van der Waals surface area contributed by atoms with Gasteiger partial charge in [0.15, 0.2) is 0 Å². The summed E-state index contributed by atoms with van der Waals surface area (Å²) in [4.78, 5) is 0. The molecule has 0 saturated heterocycles. The van der Waals surface area contributed by atoms with Gasteiger partial charge in [0, 0.05) is 29.9 Å². The lowest BCUT2D eigenvalue weighted by atomic mass is 10.0. The molecule has 2 rings (SSSR count). The van der Waals surface area contributed by atoms with Gasteiger partial charge in [-0.25, -0.2) is 0 Å². The molecule has 0 spiro atoms. The van der Waals surface area contributed by atoms with Crippen LogP contribution in [0.15, 0.2) is 24.4 Å². The molecule has 0 saturated carbocycles. The van der Waals surface area contributed by atoms with E-state index in [1.54, 1.807) is 0 Å². The van der Waals surface area contributed by atoms with Gasteiger partial charge in [-0.05, 0) is 50.1 Å². The number of aryl methyl sites for hydroxylation is 2. The van der Waals surface area contributed by atoms with E-state index in [-0.39, 0.29) is 0 Å². The summed E-state index contributed by atoms with van der Waals surface area (Å²) in [5, 5.41) is 8.75. The number of aromatic nitrogens is 2. The SMILES string of the molecule is CCCNCc1cc(Cl)ccc1-c1cn(CC)nc1C. The van der Waals surface area contributed by atoms with Crippen LogP contribution in [0.1, 0.15) is 31.5 Å². The van der Waals surface area contributed by atoms with Crippen LogP contribution in [0.25, 0.3) is 11.1 Å². The van der Waals surface area contributed by atoms with Gasteiger partial charge in [0.25, 0.3) is 0 Å². The molecular formula is C16H22ClN3. The minimum Gasteiger partial charge on any atom is -0.313 e. The number of nitrogens with zero attached hydrogens (tertiary/aromatic N) is 2. The third-order valence-electron chi connectivity index (χ3n) is 3.37. The predicted octanol–water partition coefficient (Wildman–Crippen LogP) is 4.03. The summed E-state index contributed by atoms with van der Waals surface area (Å²) in [5.41, 5.74) is 4.70. The fourth-order valence-corrected chi connectivity index (χ4v) is 2.51. The quantitative estimate of drug-likeness (QED) is 0.814. The molecule has 0 aliphatic heterocycles. The molecule has 0 unspecified atom stereocenters. The molecule has 0 atom stereocenters. The highest BCUT2D eigenvalue weighted by Crippen LogP contribution is 2.28. The van der Waals surface area contributed by atoms with Crippen molar-refractivity contribution in [3.05, 3.63) is 40.7 Å². The molecule has 0 radical (unpaired) electrons. The first-order valence-electron chi connectivity index (χ1n) is 7.19. The molecule has 1 aromatic carbocycles. The van der Waals surface area contributed by atoms with Crippen molar-refractivity contribution < 1.29 is 0 Å².